The second-order valence-corrected chi connectivity index (χ2v) is 3.96. The second-order valence-electron chi connectivity index (χ2n) is 3.96. The largest absolute Gasteiger partial charge is 0.384 e. The number of aliphatic hydroxyl groups is 1. The van der Waals surface area contributed by atoms with Crippen molar-refractivity contribution in [1.82, 2.24) is 10.2 Å². The van der Waals surface area contributed by atoms with Gasteiger partial charge in [-0.15, -0.1) is 0 Å². The zero-order chi connectivity index (χ0) is 12.4. The van der Waals surface area contributed by atoms with E-state index in [4.69, 9.17) is 0 Å². The molecular formula is C13H13FN2O. The molecule has 1 atom stereocenters. The monoisotopic (exact) mass is 232 g/mol. The molecule has 1 unspecified atom stereocenters. The number of hydrogen-bond donors (Lipinski definition) is 2. The van der Waals surface area contributed by atoms with Crippen molar-refractivity contribution < 1.29 is 9.50 Å². The number of aromatic amines is 1. The Labute approximate surface area is 98.6 Å². The Kier molecular flexibility index (Phi) is 3.06. The van der Waals surface area contributed by atoms with Gasteiger partial charge in [0.25, 0.3) is 0 Å². The summed E-state index contributed by atoms with van der Waals surface area (Å²) in [5.41, 5.74) is 2.73. The van der Waals surface area contributed by atoms with Gasteiger partial charge in [0.15, 0.2) is 0 Å². The highest BCUT2D eigenvalue weighted by Gasteiger charge is 2.16. The fourth-order valence-electron chi connectivity index (χ4n) is 1.62. The molecule has 1 heterocycles. The zero-order valence-electron chi connectivity index (χ0n) is 9.44. The maximum absolute atomic E-state index is 12.8. The van der Waals surface area contributed by atoms with Crippen molar-refractivity contribution in [2.45, 2.75) is 13.0 Å². The van der Waals surface area contributed by atoms with Crippen LogP contribution in [-0.2, 0) is 0 Å². The molecule has 0 spiro atoms. The van der Waals surface area contributed by atoms with Crippen LogP contribution in [0.4, 0.5) is 4.39 Å². The standard InChI is InChI=1S/C13H13FN2O/c1-8(2)13(17)11-7-15-16-12(11)9-3-5-10(14)6-4-9/h3-7,13,17H,1H2,2H3,(H,15,16). The molecule has 88 valence electrons. The van der Waals surface area contributed by atoms with Gasteiger partial charge in [-0.3, -0.25) is 5.10 Å². The highest BCUT2D eigenvalue weighted by Crippen LogP contribution is 2.29. The molecule has 0 bridgehead atoms. The molecule has 0 saturated heterocycles. The molecule has 0 fully saturated rings. The molecular weight excluding hydrogens is 219 g/mol. The van der Waals surface area contributed by atoms with E-state index in [0.717, 1.165) is 5.56 Å². The number of hydrogen-bond acceptors (Lipinski definition) is 2. The molecule has 1 aromatic heterocycles. The molecule has 2 aromatic rings. The average molecular weight is 232 g/mol. The Bertz CT molecular complexity index is 531. The van der Waals surface area contributed by atoms with Crippen molar-refractivity contribution in [2.24, 2.45) is 0 Å². The molecule has 0 aliphatic heterocycles. The van der Waals surface area contributed by atoms with Crippen LogP contribution in [0.15, 0.2) is 42.6 Å². The Morgan fingerprint density at radius 3 is 2.65 bits per heavy atom. The second kappa shape index (κ2) is 4.51. The quantitative estimate of drug-likeness (QED) is 0.799. The highest BCUT2D eigenvalue weighted by molar-refractivity contribution is 5.63. The van der Waals surface area contributed by atoms with Crippen LogP contribution in [0.3, 0.4) is 0 Å². The highest BCUT2D eigenvalue weighted by atomic mass is 19.1. The number of halogens is 1. The third-order valence-corrected chi connectivity index (χ3v) is 2.56. The predicted octanol–water partition coefficient (Wildman–Crippen LogP) is 2.83. The van der Waals surface area contributed by atoms with Gasteiger partial charge >= 0.3 is 0 Å². The number of aliphatic hydroxyl groups excluding tert-OH is 1. The zero-order valence-corrected chi connectivity index (χ0v) is 9.44. The maximum Gasteiger partial charge on any atom is 0.123 e. The van der Waals surface area contributed by atoms with Crippen LogP contribution in [-0.4, -0.2) is 15.3 Å². The van der Waals surface area contributed by atoms with Crippen molar-refractivity contribution in [3.8, 4) is 11.3 Å². The van der Waals surface area contributed by atoms with Crippen molar-refractivity contribution in [3.63, 3.8) is 0 Å². The molecule has 2 N–H and O–H groups in total. The lowest BCUT2D eigenvalue weighted by Crippen LogP contribution is -1.98. The maximum atomic E-state index is 12.8. The first-order valence-corrected chi connectivity index (χ1v) is 5.22. The summed E-state index contributed by atoms with van der Waals surface area (Å²) in [6.45, 7) is 5.45. The summed E-state index contributed by atoms with van der Waals surface area (Å²) in [6.07, 6.45) is 0.784. The van der Waals surface area contributed by atoms with Crippen molar-refractivity contribution >= 4 is 0 Å². The third kappa shape index (κ3) is 2.26. The molecule has 1 aromatic carbocycles. The van der Waals surface area contributed by atoms with Crippen LogP contribution in [0, 0.1) is 5.82 Å². The van der Waals surface area contributed by atoms with E-state index in [1.54, 1.807) is 25.3 Å². The van der Waals surface area contributed by atoms with Gasteiger partial charge in [0.05, 0.1) is 11.9 Å². The minimum atomic E-state index is -0.770. The lowest BCUT2D eigenvalue weighted by Gasteiger charge is -2.10. The number of rotatable bonds is 3. The van der Waals surface area contributed by atoms with Gasteiger partial charge in [-0.25, -0.2) is 4.39 Å². The van der Waals surface area contributed by atoms with Crippen LogP contribution in [0.2, 0.25) is 0 Å². The predicted molar refractivity (Wildman–Crippen MR) is 63.8 cm³/mol. The molecule has 0 aliphatic rings. The lowest BCUT2D eigenvalue weighted by molar-refractivity contribution is 0.217. The van der Waals surface area contributed by atoms with Gasteiger partial charge in [-0.1, -0.05) is 6.58 Å². The molecule has 4 heteroatoms. The minimum Gasteiger partial charge on any atom is -0.384 e. The summed E-state index contributed by atoms with van der Waals surface area (Å²) < 4.78 is 12.8. The van der Waals surface area contributed by atoms with Gasteiger partial charge < -0.3 is 5.11 Å². The smallest absolute Gasteiger partial charge is 0.123 e. The molecule has 0 aliphatic carbocycles. The Balaban J connectivity index is 2.43. The van der Waals surface area contributed by atoms with Gasteiger partial charge in [0.2, 0.25) is 0 Å². The normalized spacial score (nSPS) is 12.4. The molecule has 0 radical (unpaired) electrons. The molecule has 3 nitrogen and oxygen atoms in total. The van der Waals surface area contributed by atoms with E-state index in [2.05, 4.69) is 16.8 Å². The van der Waals surface area contributed by atoms with Gasteiger partial charge in [-0.2, -0.15) is 5.10 Å². The number of aromatic nitrogens is 2. The SMILES string of the molecule is C=C(C)C(O)c1cn[nH]c1-c1ccc(F)cc1. The van der Waals surface area contributed by atoms with Gasteiger partial charge in [0.1, 0.15) is 11.9 Å². The van der Waals surface area contributed by atoms with Gasteiger partial charge in [-0.05, 0) is 36.8 Å². The van der Waals surface area contributed by atoms with Crippen LogP contribution in [0.25, 0.3) is 11.3 Å². The minimum absolute atomic E-state index is 0.296. The van der Waals surface area contributed by atoms with E-state index in [9.17, 15) is 9.50 Å². The number of nitrogens with one attached hydrogen (secondary N) is 1. The van der Waals surface area contributed by atoms with E-state index >= 15 is 0 Å². The summed E-state index contributed by atoms with van der Waals surface area (Å²) in [4.78, 5) is 0. The van der Waals surface area contributed by atoms with E-state index in [-0.39, 0.29) is 5.82 Å². The third-order valence-electron chi connectivity index (χ3n) is 2.56. The molecule has 2 rings (SSSR count). The summed E-state index contributed by atoms with van der Waals surface area (Å²) in [5, 5.41) is 16.7. The van der Waals surface area contributed by atoms with Gasteiger partial charge in [0, 0.05) is 11.1 Å². The first kappa shape index (κ1) is 11.5. The van der Waals surface area contributed by atoms with E-state index in [1.807, 2.05) is 0 Å². The van der Waals surface area contributed by atoms with E-state index in [1.165, 1.54) is 12.1 Å². The molecule has 17 heavy (non-hydrogen) atoms. The summed E-state index contributed by atoms with van der Waals surface area (Å²) >= 11 is 0. The first-order valence-electron chi connectivity index (χ1n) is 5.22. The average Bonchev–Trinajstić information content (AvgIpc) is 2.77. The van der Waals surface area contributed by atoms with Crippen molar-refractivity contribution in [1.29, 1.82) is 0 Å². The molecule has 0 saturated carbocycles. The Morgan fingerprint density at radius 1 is 1.41 bits per heavy atom. The number of H-pyrrole nitrogens is 1. The Morgan fingerprint density at radius 2 is 2.06 bits per heavy atom. The summed E-state index contributed by atoms with van der Waals surface area (Å²) in [5.74, 6) is -0.296. The van der Waals surface area contributed by atoms with E-state index in [0.29, 0.717) is 16.8 Å². The van der Waals surface area contributed by atoms with Crippen LogP contribution < -0.4 is 0 Å². The fourth-order valence-corrected chi connectivity index (χ4v) is 1.62. The van der Waals surface area contributed by atoms with Crippen LogP contribution in [0.5, 0.6) is 0 Å². The fraction of sp³-hybridized carbons (Fsp3) is 0.154. The topological polar surface area (TPSA) is 48.9 Å². The van der Waals surface area contributed by atoms with Crippen molar-refractivity contribution in [2.75, 3.05) is 0 Å². The Hall–Kier alpha value is -1.94. The number of nitrogens with zero attached hydrogens (tertiary/aromatic N) is 1. The molecule has 0 amide bonds. The van der Waals surface area contributed by atoms with E-state index < -0.39 is 6.10 Å². The van der Waals surface area contributed by atoms with Crippen LogP contribution in [0.1, 0.15) is 18.6 Å². The first-order chi connectivity index (χ1) is 8.09. The summed E-state index contributed by atoms with van der Waals surface area (Å²) in [7, 11) is 0. The van der Waals surface area contributed by atoms with Crippen LogP contribution >= 0.6 is 0 Å². The number of benzene rings is 1. The summed E-state index contributed by atoms with van der Waals surface area (Å²) in [6, 6.07) is 6.01. The van der Waals surface area contributed by atoms with Crippen molar-refractivity contribution in [3.05, 3.63) is 54.0 Å². The lowest BCUT2D eigenvalue weighted by atomic mass is 10.0.